The van der Waals surface area contributed by atoms with E-state index < -0.39 is 0 Å². The van der Waals surface area contributed by atoms with Crippen LogP contribution >= 0.6 is 0 Å². The molecular weight excluding hydrogens is 306 g/mol. The molecule has 1 aliphatic rings. The number of urea groups is 1. The molecule has 1 aliphatic heterocycles. The van der Waals surface area contributed by atoms with E-state index in [1.54, 1.807) is 0 Å². The molecule has 2 N–H and O–H groups in total. The van der Waals surface area contributed by atoms with Crippen molar-refractivity contribution in [2.45, 2.75) is 46.0 Å². The van der Waals surface area contributed by atoms with Crippen molar-refractivity contribution in [2.75, 3.05) is 6.61 Å². The predicted octanol–water partition coefficient (Wildman–Crippen LogP) is 1.76. The van der Waals surface area contributed by atoms with Crippen LogP contribution in [-0.4, -0.2) is 27.4 Å². The molecule has 7 heteroatoms. The number of rotatable bonds is 7. The van der Waals surface area contributed by atoms with Gasteiger partial charge < -0.3 is 19.9 Å². The zero-order valence-corrected chi connectivity index (χ0v) is 13.9. The van der Waals surface area contributed by atoms with Gasteiger partial charge in [-0.3, -0.25) is 0 Å². The standard InChI is InChI=1S/C17H23N5O2/c1-2-24-12-14-7-5-13(6-8-14)10-18-17(23)19-11-16-21-20-15-4-3-9-22(15)16/h5-8H,2-4,9-12H2,1H3,(H2,18,19,23). The average molecular weight is 329 g/mol. The van der Waals surface area contributed by atoms with Gasteiger partial charge in [-0.15, -0.1) is 10.2 Å². The van der Waals surface area contributed by atoms with Crippen LogP contribution in [0.4, 0.5) is 4.79 Å². The Morgan fingerprint density at radius 2 is 1.92 bits per heavy atom. The molecule has 0 bridgehead atoms. The van der Waals surface area contributed by atoms with Gasteiger partial charge in [0.15, 0.2) is 5.82 Å². The van der Waals surface area contributed by atoms with E-state index >= 15 is 0 Å². The first kappa shape index (κ1) is 16.4. The first-order valence-electron chi connectivity index (χ1n) is 8.34. The van der Waals surface area contributed by atoms with Crippen LogP contribution in [0.1, 0.15) is 36.1 Å². The second-order valence-corrected chi connectivity index (χ2v) is 5.78. The molecule has 0 saturated heterocycles. The number of nitrogens with zero attached hydrogens (tertiary/aromatic N) is 3. The zero-order chi connectivity index (χ0) is 16.8. The summed E-state index contributed by atoms with van der Waals surface area (Å²) < 4.78 is 7.44. The number of fused-ring (bicyclic) bond motifs is 1. The zero-order valence-electron chi connectivity index (χ0n) is 13.9. The van der Waals surface area contributed by atoms with Crippen LogP contribution < -0.4 is 10.6 Å². The van der Waals surface area contributed by atoms with Crippen LogP contribution in [0.2, 0.25) is 0 Å². The number of hydrogen-bond acceptors (Lipinski definition) is 4. The third-order valence-electron chi connectivity index (χ3n) is 4.04. The van der Waals surface area contributed by atoms with E-state index in [2.05, 4.69) is 25.4 Å². The fourth-order valence-electron chi connectivity index (χ4n) is 2.72. The van der Waals surface area contributed by atoms with Gasteiger partial charge in [-0.2, -0.15) is 0 Å². The highest BCUT2D eigenvalue weighted by Crippen LogP contribution is 2.13. The van der Waals surface area contributed by atoms with Gasteiger partial charge >= 0.3 is 6.03 Å². The van der Waals surface area contributed by atoms with Crippen molar-refractivity contribution in [3.63, 3.8) is 0 Å². The Hall–Kier alpha value is -2.41. The molecule has 0 saturated carbocycles. The normalized spacial score (nSPS) is 12.9. The minimum atomic E-state index is -0.205. The van der Waals surface area contributed by atoms with Crippen LogP contribution in [0.3, 0.4) is 0 Å². The van der Waals surface area contributed by atoms with Crippen LogP contribution in [0.5, 0.6) is 0 Å². The molecule has 2 heterocycles. The number of aryl methyl sites for hydroxylation is 1. The summed E-state index contributed by atoms with van der Waals surface area (Å²) in [5.74, 6) is 1.83. The highest BCUT2D eigenvalue weighted by atomic mass is 16.5. The summed E-state index contributed by atoms with van der Waals surface area (Å²) in [6.07, 6.45) is 2.07. The maximum absolute atomic E-state index is 11.9. The molecule has 0 unspecified atom stereocenters. The molecule has 0 radical (unpaired) electrons. The molecule has 1 aromatic carbocycles. The second kappa shape index (κ2) is 7.92. The fraction of sp³-hybridized carbons (Fsp3) is 0.471. The Bertz CT molecular complexity index is 681. The first-order chi connectivity index (χ1) is 11.8. The van der Waals surface area contributed by atoms with Crippen molar-refractivity contribution in [1.29, 1.82) is 0 Å². The van der Waals surface area contributed by atoms with E-state index in [1.807, 2.05) is 31.2 Å². The first-order valence-corrected chi connectivity index (χ1v) is 8.34. The minimum absolute atomic E-state index is 0.205. The van der Waals surface area contributed by atoms with Crippen LogP contribution in [0.15, 0.2) is 24.3 Å². The highest BCUT2D eigenvalue weighted by molar-refractivity contribution is 5.73. The lowest BCUT2D eigenvalue weighted by Gasteiger charge is -2.08. The summed E-state index contributed by atoms with van der Waals surface area (Å²) in [6, 6.07) is 7.83. The lowest BCUT2D eigenvalue weighted by Crippen LogP contribution is -2.35. The number of aromatic nitrogens is 3. The van der Waals surface area contributed by atoms with Gasteiger partial charge in [-0.05, 0) is 24.5 Å². The number of nitrogens with one attached hydrogen (secondary N) is 2. The monoisotopic (exact) mass is 329 g/mol. The van der Waals surface area contributed by atoms with E-state index in [0.29, 0.717) is 26.3 Å². The average Bonchev–Trinajstić information content (AvgIpc) is 3.21. The van der Waals surface area contributed by atoms with E-state index in [4.69, 9.17) is 4.74 Å². The number of carbonyl (C=O) groups is 1. The van der Waals surface area contributed by atoms with Crippen molar-refractivity contribution in [1.82, 2.24) is 25.4 Å². The molecule has 24 heavy (non-hydrogen) atoms. The van der Waals surface area contributed by atoms with Crippen molar-refractivity contribution in [2.24, 2.45) is 0 Å². The summed E-state index contributed by atoms with van der Waals surface area (Å²) in [5.41, 5.74) is 2.18. The predicted molar refractivity (Wildman–Crippen MR) is 89.2 cm³/mol. The van der Waals surface area contributed by atoms with Crippen LogP contribution in [-0.2, 0) is 37.4 Å². The Kier molecular flexibility index (Phi) is 5.43. The van der Waals surface area contributed by atoms with Gasteiger partial charge in [0, 0.05) is 26.1 Å². The molecule has 7 nitrogen and oxygen atoms in total. The van der Waals surface area contributed by atoms with Gasteiger partial charge in [-0.25, -0.2) is 4.79 Å². The van der Waals surface area contributed by atoms with Gasteiger partial charge in [0.1, 0.15) is 5.82 Å². The number of hydrogen-bond donors (Lipinski definition) is 2. The summed E-state index contributed by atoms with van der Waals surface area (Å²) >= 11 is 0. The van der Waals surface area contributed by atoms with Crippen molar-refractivity contribution < 1.29 is 9.53 Å². The van der Waals surface area contributed by atoms with Gasteiger partial charge in [0.25, 0.3) is 0 Å². The summed E-state index contributed by atoms with van der Waals surface area (Å²) in [7, 11) is 0. The lowest BCUT2D eigenvalue weighted by atomic mass is 10.1. The lowest BCUT2D eigenvalue weighted by molar-refractivity contribution is 0.134. The van der Waals surface area contributed by atoms with Crippen molar-refractivity contribution >= 4 is 6.03 Å². The molecule has 0 fully saturated rings. The minimum Gasteiger partial charge on any atom is -0.377 e. The topological polar surface area (TPSA) is 81.1 Å². The Labute approximate surface area is 141 Å². The van der Waals surface area contributed by atoms with E-state index in [0.717, 1.165) is 42.2 Å². The maximum atomic E-state index is 11.9. The maximum Gasteiger partial charge on any atom is 0.315 e. The Morgan fingerprint density at radius 1 is 1.17 bits per heavy atom. The highest BCUT2D eigenvalue weighted by Gasteiger charge is 2.17. The van der Waals surface area contributed by atoms with Crippen molar-refractivity contribution in [3.05, 3.63) is 47.0 Å². The molecular formula is C17H23N5O2. The molecule has 2 aromatic rings. The number of benzene rings is 1. The summed E-state index contributed by atoms with van der Waals surface area (Å²) in [6.45, 7) is 5.12. The van der Waals surface area contributed by atoms with Gasteiger partial charge in [-0.1, -0.05) is 24.3 Å². The van der Waals surface area contributed by atoms with Crippen molar-refractivity contribution in [3.8, 4) is 0 Å². The second-order valence-electron chi connectivity index (χ2n) is 5.78. The van der Waals surface area contributed by atoms with Gasteiger partial charge in [0.05, 0.1) is 13.2 Å². The smallest absolute Gasteiger partial charge is 0.315 e. The van der Waals surface area contributed by atoms with E-state index in [9.17, 15) is 4.79 Å². The molecule has 0 aliphatic carbocycles. The Balaban J connectivity index is 1.42. The number of amides is 2. The molecule has 1 aromatic heterocycles. The SMILES string of the molecule is CCOCc1ccc(CNC(=O)NCc2nnc3n2CCC3)cc1. The summed E-state index contributed by atoms with van der Waals surface area (Å²) in [5, 5.41) is 13.9. The Morgan fingerprint density at radius 3 is 2.71 bits per heavy atom. The largest absolute Gasteiger partial charge is 0.377 e. The van der Waals surface area contributed by atoms with Gasteiger partial charge in [0.2, 0.25) is 0 Å². The summed E-state index contributed by atoms with van der Waals surface area (Å²) in [4.78, 5) is 11.9. The number of carbonyl (C=O) groups excluding carboxylic acids is 1. The molecule has 0 spiro atoms. The molecule has 3 rings (SSSR count). The molecule has 2 amide bonds. The quantitative estimate of drug-likeness (QED) is 0.811. The van der Waals surface area contributed by atoms with Crippen LogP contribution in [0, 0.1) is 0 Å². The van der Waals surface area contributed by atoms with E-state index in [1.165, 1.54) is 0 Å². The fourth-order valence-corrected chi connectivity index (χ4v) is 2.72. The van der Waals surface area contributed by atoms with Crippen LogP contribution in [0.25, 0.3) is 0 Å². The van der Waals surface area contributed by atoms with E-state index in [-0.39, 0.29) is 6.03 Å². The third kappa shape index (κ3) is 4.11. The molecule has 128 valence electrons. The molecule has 0 atom stereocenters. The number of ether oxygens (including phenoxy) is 1. The third-order valence-corrected chi connectivity index (χ3v) is 4.04.